The fourth-order valence-corrected chi connectivity index (χ4v) is 1.51. The van der Waals surface area contributed by atoms with Gasteiger partial charge in [-0.05, 0) is 37.6 Å². The Morgan fingerprint density at radius 2 is 1.94 bits per heavy atom. The summed E-state index contributed by atoms with van der Waals surface area (Å²) in [5.74, 6) is -0.00557. The van der Waals surface area contributed by atoms with E-state index >= 15 is 0 Å². The van der Waals surface area contributed by atoms with E-state index in [-0.39, 0.29) is 11.3 Å². The van der Waals surface area contributed by atoms with Gasteiger partial charge < -0.3 is 4.90 Å². The number of alkyl halides is 1. The van der Waals surface area contributed by atoms with E-state index in [0.717, 1.165) is 6.42 Å². The first-order valence-corrected chi connectivity index (χ1v) is 5.97. The number of benzene rings is 1. The molecule has 2 nitrogen and oxygen atoms in total. The molecule has 88 valence electrons. The number of carbonyl (C=O) groups excluding carboxylic acids is 1. The zero-order valence-electron chi connectivity index (χ0n) is 9.41. The van der Waals surface area contributed by atoms with Crippen LogP contribution in [0, 0.1) is 0 Å². The molecule has 1 aromatic carbocycles. The van der Waals surface area contributed by atoms with E-state index in [1.807, 2.05) is 6.92 Å². The minimum absolute atomic E-state index is 0.00557. The molecule has 16 heavy (non-hydrogen) atoms. The summed E-state index contributed by atoms with van der Waals surface area (Å²) in [5.41, 5.74) is 0.647. The summed E-state index contributed by atoms with van der Waals surface area (Å²) in [5, 5.41) is 0.717. The lowest BCUT2D eigenvalue weighted by Gasteiger charge is -2.17. The van der Waals surface area contributed by atoms with Gasteiger partial charge in [0.1, 0.15) is 0 Å². The number of amides is 1. The van der Waals surface area contributed by atoms with E-state index in [4.69, 9.17) is 23.2 Å². The Morgan fingerprint density at radius 3 is 2.44 bits per heavy atom. The van der Waals surface area contributed by atoms with Crippen LogP contribution in [0.3, 0.4) is 0 Å². The number of rotatable bonds is 4. The van der Waals surface area contributed by atoms with Crippen molar-refractivity contribution in [3.05, 3.63) is 34.9 Å². The van der Waals surface area contributed by atoms with Crippen molar-refractivity contribution < 1.29 is 4.79 Å². The molecule has 0 aliphatic heterocycles. The molecule has 0 saturated carbocycles. The van der Waals surface area contributed by atoms with Crippen LogP contribution in [-0.4, -0.2) is 29.8 Å². The maximum atomic E-state index is 11.9. The summed E-state index contributed by atoms with van der Waals surface area (Å²) in [6, 6.07) is 6.89. The van der Waals surface area contributed by atoms with Gasteiger partial charge in [-0.15, -0.1) is 11.6 Å². The SMILES string of the molecule is CC(Cl)CCN(C)C(=O)c1ccc(Cl)cc1. The fourth-order valence-electron chi connectivity index (χ4n) is 1.29. The third-order valence-corrected chi connectivity index (χ3v) is 2.77. The molecule has 0 radical (unpaired) electrons. The molecular weight excluding hydrogens is 245 g/mol. The summed E-state index contributed by atoms with van der Waals surface area (Å²) >= 11 is 11.6. The van der Waals surface area contributed by atoms with Crippen molar-refractivity contribution in [3.8, 4) is 0 Å². The monoisotopic (exact) mass is 259 g/mol. The van der Waals surface area contributed by atoms with Crippen LogP contribution in [0.4, 0.5) is 0 Å². The van der Waals surface area contributed by atoms with Gasteiger partial charge in [0.05, 0.1) is 0 Å². The van der Waals surface area contributed by atoms with Gasteiger partial charge in [0.15, 0.2) is 0 Å². The van der Waals surface area contributed by atoms with E-state index in [2.05, 4.69) is 0 Å². The molecule has 0 N–H and O–H groups in total. The first-order valence-electron chi connectivity index (χ1n) is 5.16. The summed E-state index contributed by atoms with van der Waals surface area (Å²) in [4.78, 5) is 13.6. The molecular formula is C12H15Cl2NO. The van der Waals surface area contributed by atoms with Crippen molar-refractivity contribution >= 4 is 29.1 Å². The molecule has 4 heteroatoms. The molecule has 0 fully saturated rings. The first kappa shape index (κ1) is 13.3. The molecule has 1 unspecified atom stereocenters. The van der Waals surface area contributed by atoms with Crippen LogP contribution in [0.5, 0.6) is 0 Å². The van der Waals surface area contributed by atoms with E-state index in [1.54, 1.807) is 36.2 Å². The summed E-state index contributed by atoms with van der Waals surface area (Å²) < 4.78 is 0. The molecule has 0 heterocycles. The molecule has 1 rings (SSSR count). The maximum absolute atomic E-state index is 11.9. The Labute approximate surface area is 106 Å². The van der Waals surface area contributed by atoms with Crippen molar-refractivity contribution in [2.75, 3.05) is 13.6 Å². The van der Waals surface area contributed by atoms with Crippen LogP contribution in [0.2, 0.25) is 5.02 Å². The average Bonchev–Trinajstić information content (AvgIpc) is 2.26. The molecule has 1 atom stereocenters. The number of hydrogen-bond donors (Lipinski definition) is 0. The van der Waals surface area contributed by atoms with Crippen molar-refractivity contribution in [1.29, 1.82) is 0 Å². The number of hydrogen-bond acceptors (Lipinski definition) is 1. The minimum atomic E-state index is -0.00557. The van der Waals surface area contributed by atoms with Crippen LogP contribution in [0.15, 0.2) is 24.3 Å². The molecule has 0 spiro atoms. The molecule has 0 saturated heterocycles. The highest BCUT2D eigenvalue weighted by Gasteiger charge is 2.11. The maximum Gasteiger partial charge on any atom is 0.253 e. The smallest absolute Gasteiger partial charge is 0.253 e. The molecule has 0 aliphatic carbocycles. The number of halogens is 2. The number of nitrogens with zero attached hydrogens (tertiary/aromatic N) is 1. The molecule has 0 aromatic heterocycles. The van der Waals surface area contributed by atoms with Gasteiger partial charge in [0.25, 0.3) is 5.91 Å². The van der Waals surface area contributed by atoms with E-state index in [9.17, 15) is 4.79 Å². The van der Waals surface area contributed by atoms with E-state index in [1.165, 1.54) is 0 Å². The van der Waals surface area contributed by atoms with Gasteiger partial charge in [-0.3, -0.25) is 4.79 Å². The van der Waals surface area contributed by atoms with E-state index in [0.29, 0.717) is 17.1 Å². The largest absolute Gasteiger partial charge is 0.342 e. The van der Waals surface area contributed by atoms with Crippen LogP contribution in [0.25, 0.3) is 0 Å². The van der Waals surface area contributed by atoms with Gasteiger partial charge in [-0.2, -0.15) is 0 Å². The van der Waals surface area contributed by atoms with Crippen LogP contribution in [0.1, 0.15) is 23.7 Å². The Kier molecular flexibility index (Phi) is 5.10. The van der Waals surface area contributed by atoms with Gasteiger partial charge in [0.2, 0.25) is 0 Å². The Hall–Kier alpha value is -0.730. The second kappa shape index (κ2) is 6.12. The Morgan fingerprint density at radius 1 is 1.38 bits per heavy atom. The molecule has 1 aromatic rings. The van der Waals surface area contributed by atoms with Gasteiger partial charge >= 0.3 is 0 Å². The van der Waals surface area contributed by atoms with Crippen molar-refractivity contribution in [1.82, 2.24) is 4.90 Å². The standard InChI is InChI=1S/C12H15Cl2NO/c1-9(13)7-8-15(2)12(16)10-3-5-11(14)6-4-10/h3-6,9H,7-8H2,1-2H3. The van der Waals surface area contributed by atoms with Crippen LogP contribution >= 0.6 is 23.2 Å². The average molecular weight is 260 g/mol. The van der Waals surface area contributed by atoms with Crippen LogP contribution < -0.4 is 0 Å². The predicted molar refractivity (Wildman–Crippen MR) is 68.3 cm³/mol. The lowest BCUT2D eigenvalue weighted by Crippen LogP contribution is -2.28. The third-order valence-electron chi connectivity index (χ3n) is 2.30. The highest BCUT2D eigenvalue weighted by atomic mass is 35.5. The van der Waals surface area contributed by atoms with Crippen LogP contribution in [-0.2, 0) is 0 Å². The van der Waals surface area contributed by atoms with Crippen molar-refractivity contribution in [2.24, 2.45) is 0 Å². The van der Waals surface area contributed by atoms with Gasteiger partial charge in [-0.1, -0.05) is 11.6 Å². The van der Waals surface area contributed by atoms with Gasteiger partial charge in [0, 0.05) is 29.6 Å². The summed E-state index contributed by atoms with van der Waals surface area (Å²) in [7, 11) is 1.77. The predicted octanol–water partition coefficient (Wildman–Crippen LogP) is 3.43. The van der Waals surface area contributed by atoms with Crippen molar-refractivity contribution in [3.63, 3.8) is 0 Å². The summed E-state index contributed by atoms with van der Waals surface area (Å²) in [6.07, 6.45) is 0.789. The zero-order chi connectivity index (χ0) is 12.1. The lowest BCUT2D eigenvalue weighted by atomic mass is 10.2. The second-order valence-electron chi connectivity index (χ2n) is 3.80. The molecule has 0 aliphatic rings. The second-order valence-corrected chi connectivity index (χ2v) is 4.98. The first-order chi connectivity index (χ1) is 7.50. The molecule has 1 amide bonds. The highest BCUT2D eigenvalue weighted by molar-refractivity contribution is 6.30. The quantitative estimate of drug-likeness (QED) is 0.759. The lowest BCUT2D eigenvalue weighted by molar-refractivity contribution is 0.0793. The summed E-state index contributed by atoms with van der Waals surface area (Å²) in [6.45, 7) is 2.58. The normalized spacial score (nSPS) is 12.2. The topological polar surface area (TPSA) is 20.3 Å². The zero-order valence-corrected chi connectivity index (χ0v) is 10.9. The highest BCUT2D eigenvalue weighted by Crippen LogP contribution is 2.11. The fraction of sp³-hybridized carbons (Fsp3) is 0.417. The third kappa shape index (κ3) is 4.03. The number of carbonyl (C=O) groups is 1. The minimum Gasteiger partial charge on any atom is -0.342 e. The van der Waals surface area contributed by atoms with E-state index < -0.39 is 0 Å². The molecule has 0 bridgehead atoms. The Balaban J connectivity index is 2.60. The Bertz CT molecular complexity index is 349. The van der Waals surface area contributed by atoms with Gasteiger partial charge in [-0.25, -0.2) is 0 Å². The van der Waals surface area contributed by atoms with Crippen molar-refractivity contribution in [2.45, 2.75) is 18.7 Å².